The summed E-state index contributed by atoms with van der Waals surface area (Å²) in [6, 6.07) is 5.47. The molecule has 1 heterocycles. The number of aromatic carboxylic acids is 1. The number of carboxylic acid groups (broad SMARTS) is 1. The van der Waals surface area contributed by atoms with Gasteiger partial charge in [-0.2, -0.15) is 0 Å². The first-order valence-electron chi connectivity index (χ1n) is 5.56. The maximum atomic E-state index is 12.0. The second-order valence-corrected chi connectivity index (χ2v) is 5.11. The number of hydrogen-bond donors (Lipinski definition) is 4. The van der Waals surface area contributed by atoms with E-state index in [1.807, 2.05) is 0 Å². The maximum Gasteiger partial charge on any atom is 0.346 e. The minimum Gasteiger partial charge on any atom is -0.507 e. The summed E-state index contributed by atoms with van der Waals surface area (Å²) in [5.74, 6) is -2.49. The second-order valence-electron chi connectivity index (χ2n) is 4.05. The Morgan fingerprint density at radius 3 is 2.30 bits per heavy atom. The standard InChI is InChI=1S/C13H11NO5S/c1-6-5-9(20-11(6)13(18)19)14-12(17)10-7(15)3-2-4-8(10)16/h2-5,15-16H,1H3,(H,14,17)(H,18,19). The van der Waals surface area contributed by atoms with Crippen molar-refractivity contribution in [2.75, 3.05) is 5.32 Å². The number of nitrogens with one attached hydrogen (secondary N) is 1. The molecule has 104 valence electrons. The van der Waals surface area contributed by atoms with Gasteiger partial charge in [-0.15, -0.1) is 11.3 Å². The van der Waals surface area contributed by atoms with E-state index in [0.717, 1.165) is 11.3 Å². The molecule has 1 amide bonds. The molecule has 0 radical (unpaired) electrons. The van der Waals surface area contributed by atoms with E-state index in [1.165, 1.54) is 24.3 Å². The number of aryl methyl sites for hydroxylation is 1. The molecule has 0 saturated heterocycles. The molecule has 1 aromatic heterocycles. The second kappa shape index (κ2) is 5.22. The Kier molecular flexibility index (Phi) is 3.62. The molecule has 0 fully saturated rings. The molecule has 6 nitrogen and oxygen atoms in total. The maximum absolute atomic E-state index is 12.0. The molecule has 2 aromatic rings. The molecule has 0 aliphatic carbocycles. The highest BCUT2D eigenvalue weighted by Crippen LogP contribution is 2.30. The number of phenols is 2. The highest BCUT2D eigenvalue weighted by molar-refractivity contribution is 7.18. The van der Waals surface area contributed by atoms with Gasteiger partial charge in [-0.3, -0.25) is 4.79 Å². The van der Waals surface area contributed by atoms with E-state index >= 15 is 0 Å². The first-order chi connectivity index (χ1) is 9.40. The first-order valence-corrected chi connectivity index (χ1v) is 6.38. The van der Waals surface area contributed by atoms with Crippen molar-refractivity contribution in [2.24, 2.45) is 0 Å². The van der Waals surface area contributed by atoms with Crippen molar-refractivity contribution in [3.8, 4) is 11.5 Å². The third kappa shape index (κ3) is 2.57. The molecule has 0 bridgehead atoms. The average molecular weight is 293 g/mol. The number of thiophene rings is 1. The van der Waals surface area contributed by atoms with Crippen LogP contribution in [0, 0.1) is 6.92 Å². The Labute approximate surface area is 117 Å². The van der Waals surface area contributed by atoms with Crippen LogP contribution in [0.5, 0.6) is 11.5 Å². The normalized spacial score (nSPS) is 10.2. The van der Waals surface area contributed by atoms with Gasteiger partial charge in [0.1, 0.15) is 21.9 Å². The average Bonchev–Trinajstić information content (AvgIpc) is 2.70. The van der Waals surface area contributed by atoms with Gasteiger partial charge in [0.2, 0.25) is 0 Å². The van der Waals surface area contributed by atoms with E-state index in [0.29, 0.717) is 10.6 Å². The number of amides is 1. The predicted molar refractivity (Wildman–Crippen MR) is 73.7 cm³/mol. The molecule has 2 rings (SSSR count). The highest BCUT2D eigenvalue weighted by Gasteiger charge is 2.18. The van der Waals surface area contributed by atoms with Crippen LogP contribution in [-0.4, -0.2) is 27.2 Å². The van der Waals surface area contributed by atoms with Crippen molar-refractivity contribution < 1.29 is 24.9 Å². The van der Waals surface area contributed by atoms with Gasteiger partial charge in [0.05, 0.1) is 5.00 Å². The number of benzene rings is 1. The number of rotatable bonds is 3. The number of carbonyl (C=O) groups excluding carboxylic acids is 1. The molecule has 0 aliphatic heterocycles. The lowest BCUT2D eigenvalue weighted by molar-refractivity contribution is 0.0701. The minimum atomic E-state index is -1.07. The van der Waals surface area contributed by atoms with Crippen molar-refractivity contribution in [2.45, 2.75) is 6.92 Å². The molecule has 20 heavy (non-hydrogen) atoms. The van der Waals surface area contributed by atoms with Crippen LogP contribution in [0.25, 0.3) is 0 Å². The summed E-state index contributed by atoms with van der Waals surface area (Å²) in [6.07, 6.45) is 0. The fourth-order valence-electron chi connectivity index (χ4n) is 1.69. The van der Waals surface area contributed by atoms with Gasteiger partial charge in [0.15, 0.2) is 0 Å². The number of aromatic hydroxyl groups is 2. The van der Waals surface area contributed by atoms with Crippen LogP contribution >= 0.6 is 11.3 Å². The van der Waals surface area contributed by atoms with E-state index < -0.39 is 11.9 Å². The zero-order valence-corrected chi connectivity index (χ0v) is 11.2. The quantitative estimate of drug-likeness (QED) is 0.695. The van der Waals surface area contributed by atoms with Gasteiger partial charge in [-0.1, -0.05) is 6.07 Å². The lowest BCUT2D eigenvalue weighted by Gasteiger charge is -2.06. The van der Waals surface area contributed by atoms with E-state index in [9.17, 15) is 19.8 Å². The van der Waals surface area contributed by atoms with Crippen LogP contribution in [0.1, 0.15) is 25.6 Å². The Bertz CT molecular complexity index is 672. The monoisotopic (exact) mass is 293 g/mol. The molecular formula is C13H11NO5S. The van der Waals surface area contributed by atoms with Crippen LogP contribution < -0.4 is 5.32 Å². The number of phenolic OH excluding ortho intramolecular Hbond substituents is 2. The highest BCUT2D eigenvalue weighted by atomic mass is 32.1. The summed E-state index contributed by atoms with van der Waals surface area (Å²) in [5.41, 5.74) is 0.273. The Balaban J connectivity index is 2.28. The molecule has 0 aliphatic rings. The van der Waals surface area contributed by atoms with Gasteiger partial charge < -0.3 is 20.6 Å². The SMILES string of the molecule is Cc1cc(NC(=O)c2c(O)cccc2O)sc1C(=O)O. The molecule has 1 aromatic carbocycles. The smallest absolute Gasteiger partial charge is 0.346 e. The third-order valence-electron chi connectivity index (χ3n) is 2.60. The zero-order chi connectivity index (χ0) is 14.9. The molecule has 0 atom stereocenters. The number of hydrogen-bond acceptors (Lipinski definition) is 5. The first kappa shape index (κ1) is 13.9. The molecule has 0 unspecified atom stereocenters. The largest absolute Gasteiger partial charge is 0.507 e. The number of carboxylic acids is 1. The summed E-state index contributed by atoms with van der Waals surface area (Å²) in [7, 11) is 0. The molecule has 0 spiro atoms. The van der Waals surface area contributed by atoms with E-state index in [4.69, 9.17) is 5.11 Å². The van der Waals surface area contributed by atoms with Crippen LogP contribution in [0.15, 0.2) is 24.3 Å². The van der Waals surface area contributed by atoms with Gasteiger partial charge in [0.25, 0.3) is 5.91 Å². The van der Waals surface area contributed by atoms with Gasteiger partial charge in [-0.05, 0) is 30.7 Å². The molecule has 7 heteroatoms. The van der Waals surface area contributed by atoms with Crippen LogP contribution in [0.2, 0.25) is 0 Å². The van der Waals surface area contributed by atoms with Crippen molar-refractivity contribution in [1.29, 1.82) is 0 Å². The van der Waals surface area contributed by atoms with E-state index in [-0.39, 0.29) is 21.9 Å². The fourth-order valence-corrected chi connectivity index (χ4v) is 2.60. The summed E-state index contributed by atoms with van der Waals surface area (Å²) in [6.45, 7) is 1.62. The van der Waals surface area contributed by atoms with Crippen LogP contribution in [0.3, 0.4) is 0 Å². The predicted octanol–water partition coefficient (Wildman–Crippen LogP) is 2.42. The molecule has 4 N–H and O–H groups in total. The van der Waals surface area contributed by atoms with E-state index in [2.05, 4.69) is 5.32 Å². The Hall–Kier alpha value is -2.54. The van der Waals surface area contributed by atoms with Crippen molar-refractivity contribution in [3.63, 3.8) is 0 Å². The summed E-state index contributed by atoms with van der Waals surface area (Å²) >= 11 is 0.908. The summed E-state index contributed by atoms with van der Waals surface area (Å²) in [4.78, 5) is 23.0. The zero-order valence-electron chi connectivity index (χ0n) is 10.4. The molecular weight excluding hydrogens is 282 g/mol. The summed E-state index contributed by atoms with van der Waals surface area (Å²) < 4.78 is 0. The van der Waals surface area contributed by atoms with Crippen molar-refractivity contribution >= 4 is 28.2 Å². The Morgan fingerprint density at radius 1 is 1.20 bits per heavy atom. The van der Waals surface area contributed by atoms with Crippen LogP contribution in [0.4, 0.5) is 5.00 Å². The topological polar surface area (TPSA) is 107 Å². The van der Waals surface area contributed by atoms with Crippen molar-refractivity contribution in [3.05, 3.63) is 40.3 Å². The van der Waals surface area contributed by atoms with Crippen LogP contribution in [-0.2, 0) is 0 Å². The fraction of sp³-hybridized carbons (Fsp3) is 0.0769. The van der Waals surface area contributed by atoms with Gasteiger partial charge >= 0.3 is 5.97 Å². The number of carbonyl (C=O) groups is 2. The molecule has 0 saturated carbocycles. The van der Waals surface area contributed by atoms with Gasteiger partial charge in [-0.25, -0.2) is 4.79 Å². The lowest BCUT2D eigenvalue weighted by atomic mass is 10.1. The van der Waals surface area contributed by atoms with Crippen molar-refractivity contribution in [1.82, 2.24) is 0 Å². The minimum absolute atomic E-state index is 0.127. The third-order valence-corrected chi connectivity index (χ3v) is 3.74. The summed E-state index contributed by atoms with van der Waals surface area (Å²) in [5, 5.41) is 30.9. The number of anilines is 1. The van der Waals surface area contributed by atoms with E-state index in [1.54, 1.807) is 6.92 Å². The Morgan fingerprint density at radius 2 is 1.80 bits per heavy atom. The van der Waals surface area contributed by atoms with Gasteiger partial charge in [0, 0.05) is 0 Å². The lowest BCUT2D eigenvalue weighted by Crippen LogP contribution is -2.11.